The minimum Gasteiger partial charge on any atom is -0.316 e. The van der Waals surface area contributed by atoms with Crippen LogP contribution in [0.5, 0.6) is 0 Å². The maximum absolute atomic E-state index is 13.1. The van der Waals surface area contributed by atoms with Crippen LogP contribution in [-0.2, 0) is 6.18 Å². The largest absolute Gasteiger partial charge is 0.418 e. The van der Waals surface area contributed by atoms with Gasteiger partial charge in [0.1, 0.15) is 0 Å². The first kappa shape index (κ1) is 14.3. The number of hydrogen-bond acceptors (Lipinski definition) is 2. The van der Waals surface area contributed by atoms with Crippen molar-refractivity contribution in [3.8, 4) is 0 Å². The van der Waals surface area contributed by atoms with E-state index in [1.807, 2.05) is 6.07 Å². The first-order valence-corrected chi connectivity index (χ1v) is 7.12. The minimum atomic E-state index is -4.37. The lowest BCUT2D eigenvalue weighted by molar-refractivity contribution is -0.136. The zero-order valence-corrected chi connectivity index (χ0v) is 11.7. The number of aromatic nitrogens is 1. The molecule has 1 fully saturated rings. The van der Waals surface area contributed by atoms with Gasteiger partial charge in [0, 0.05) is 23.5 Å². The molecule has 2 atom stereocenters. The van der Waals surface area contributed by atoms with Crippen molar-refractivity contribution in [1.29, 1.82) is 0 Å². The topological polar surface area (TPSA) is 24.9 Å². The Labute approximate surface area is 121 Å². The molecular weight excluding hydrogens is 277 g/mol. The molecule has 0 spiro atoms. The highest BCUT2D eigenvalue weighted by molar-refractivity contribution is 5.82. The van der Waals surface area contributed by atoms with E-state index in [-0.39, 0.29) is 11.4 Å². The fourth-order valence-electron chi connectivity index (χ4n) is 3.00. The molecule has 0 unspecified atom stereocenters. The number of hydrogen-bond donors (Lipinski definition) is 1. The Bertz CT molecular complexity index is 652. The molecule has 1 aliphatic rings. The monoisotopic (exact) mass is 294 g/mol. The smallest absolute Gasteiger partial charge is 0.316 e. The van der Waals surface area contributed by atoms with Crippen molar-refractivity contribution in [2.75, 3.05) is 13.1 Å². The molecule has 0 radical (unpaired) electrons. The number of piperidine rings is 1. The molecule has 0 bridgehead atoms. The fourth-order valence-corrected chi connectivity index (χ4v) is 3.00. The van der Waals surface area contributed by atoms with Gasteiger partial charge >= 0.3 is 6.18 Å². The summed E-state index contributed by atoms with van der Waals surface area (Å²) in [5.74, 6) is 0.693. The third kappa shape index (κ3) is 2.88. The molecule has 2 aromatic rings. The van der Waals surface area contributed by atoms with Crippen LogP contribution in [0.1, 0.15) is 30.5 Å². The Morgan fingerprint density at radius 2 is 1.95 bits per heavy atom. The predicted molar refractivity (Wildman–Crippen MR) is 76.1 cm³/mol. The second-order valence-electron chi connectivity index (χ2n) is 5.81. The van der Waals surface area contributed by atoms with Gasteiger partial charge in [-0.2, -0.15) is 13.2 Å². The van der Waals surface area contributed by atoms with Crippen LogP contribution < -0.4 is 5.32 Å². The first-order chi connectivity index (χ1) is 9.95. The molecule has 21 heavy (non-hydrogen) atoms. The number of alkyl halides is 3. The Morgan fingerprint density at radius 1 is 1.14 bits per heavy atom. The average Bonchev–Trinajstić information content (AvgIpc) is 2.45. The van der Waals surface area contributed by atoms with Crippen molar-refractivity contribution < 1.29 is 13.2 Å². The van der Waals surface area contributed by atoms with E-state index in [2.05, 4.69) is 17.2 Å². The minimum absolute atomic E-state index is 0.0562. The maximum atomic E-state index is 13.1. The van der Waals surface area contributed by atoms with Crippen LogP contribution in [0.4, 0.5) is 13.2 Å². The van der Waals surface area contributed by atoms with Crippen molar-refractivity contribution in [2.24, 2.45) is 5.92 Å². The SMILES string of the molecule is C[C@@H]1CNC[C@@H](c2ccc3cccc(C(F)(F)F)c3n2)C1. The van der Waals surface area contributed by atoms with Crippen LogP contribution in [0.2, 0.25) is 0 Å². The second-order valence-corrected chi connectivity index (χ2v) is 5.81. The van der Waals surface area contributed by atoms with Crippen molar-refractivity contribution in [1.82, 2.24) is 10.3 Å². The van der Waals surface area contributed by atoms with Crippen molar-refractivity contribution in [3.05, 3.63) is 41.6 Å². The van der Waals surface area contributed by atoms with E-state index in [9.17, 15) is 13.2 Å². The van der Waals surface area contributed by atoms with E-state index >= 15 is 0 Å². The van der Waals surface area contributed by atoms with Gasteiger partial charge in [-0.3, -0.25) is 4.98 Å². The highest BCUT2D eigenvalue weighted by Crippen LogP contribution is 2.35. The molecule has 5 heteroatoms. The lowest BCUT2D eigenvalue weighted by atomic mass is 9.89. The molecule has 1 aromatic heterocycles. The Hall–Kier alpha value is -1.62. The number of nitrogens with one attached hydrogen (secondary N) is 1. The van der Waals surface area contributed by atoms with E-state index in [0.29, 0.717) is 11.3 Å². The highest BCUT2D eigenvalue weighted by atomic mass is 19.4. The van der Waals surface area contributed by atoms with Crippen molar-refractivity contribution >= 4 is 10.9 Å². The summed E-state index contributed by atoms with van der Waals surface area (Å²) in [6.45, 7) is 3.87. The molecule has 3 rings (SSSR count). The molecule has 0 amide bonds. The zero-order chi connectivity index (χ0) is 15.0. The predicted octanol–water partition coefficient (Wildman–Crippen LogP) is 3.97. The molecular formula is C16H17F3N2. The number of para-hydroxylation sites is 1. The summed E-state index contributed by atoms with van der Waals surface area (Å²) in [6.07, 6.45) is -3.41. The summed E-state index contributed by atoms with van der Waals surface area (Å²) in [5.41, 5.74) is 0.151. The number of rotatable bonds is 1. The van der Waals surface area contributed by atoms with E-state index in [1.54, 1.807) is 12.1 Å². The molecule has 1 saturated heterocycles. The Kier molecular flexibility index (Phi) is 3.61. The second kappa shape index (κ2) is 5.30. The van der Waals surface area contributed by atoms with Crippen LogP contribution in [-0.4, -0.2) is 18.1 Å². The van der Waals surface area contributed by atoms with Gasteiger partial charge in [-0.1, -0.05) is 25.1 Å². The fraction of sp³-hybridized carbons (Fsp3) is 0.438. The summed E-state index contributed by atoms with van der Waals surface area (Å²) < 4.78 is 39.3. The van der Waals surface area contributed by atoms with Gasteiger partial charge in [0.05, 0.1) is 11.1 Å². The van der Waals surface area contributed by atoms with Crippen LogP contribution >= 0.6 is 0 Å². The van der Waals surface area contributed by atoms with Crippen LogP contribution in [0.25, 0.3) is 10.9 Å². The molecule has 2 nitrogen and oxygen atoms in total. The molecule has 0 aliphatic carbocycles. The molecule has 1 N–H and O–H groups in total. The van der Waals surface area contributed by atoms with Crippen LogP contribution in [0.15, 0.2) is 30.3 Å². The third-order valence-corrected chi connectivity index (χ3v) is 4.04. The summed E-state index contributed by atoms with van der Waals surface area (Å²) in [6, 6.07) is 7.79. The number of halogens is 3. The van der Waals surface area contributed by atoms with Gasteiger partial charge in [-0.15, -0.1) is 0 Å². The van der Waals surface area contributed by atoms with Gasteiger partial charge in [-0.05, 0) is 31.0 Å². The molecule has 1 aliphatic heterocycles. The number of pyridine rings is 1. The number of fused-ring (bicyclic) bond motifs is 1. The van der Waals surface area contributed by atoms with Gasteiger partial charge in [-0.25, -0.2) is 0 Å². The number of benzene rings is 1. The Morgan fingerprint density at radius 3 is 2.67 bits per heavy atom. The van der Waals surface area contributed by atoms with Crippen molar-refractivity contribution in [3.63, 3.8) is 0 Å². The van der Waals surface area contributed by atoms with E-state index in [4.69, 9.17) is 0 Å². The highest BCUT2D eigenvalue weighted by Gasteiger charge is 2.33. The van der Waals surface area contributed by atoms with Crippen molar-refractivity contribution in [2.45, 2.75) is 25.4 Å². The lowest BCUT2D eigenvalue weighted by Crippen LogP contribution is -2.34. The van der Waals surface area contributed by atoms with Gasteiger partial charge in [0.15, 0.2) is 0 Å². The van der Waals surface area contributed by atoms with Gasteiger partial charge in [0.25, 0.3) is 0 Å². The maximum Gasteiger partial charge on any atom is 0.418 e. The molecule has 0 saturated carbocycles. The van der Waals surface area contributed by atoms with E-state index < -0.39 is 11.7 Å². The van der Waals surface area contributed by atoms with Crippen LogP contribution in [0.3, 0.4) is 0 Å². The summed E-state index contributed by atoms with van der Waals surface area (Å²) in [4.78, 5) is 4.34. The normalized spacial score (nSPS) is 23.4. The zero-order valence-electron chi connectivity index (χ0n) is 11.7. The molecule has 112 valence electrons. The molecule has 1 aromatic carbocycles. The molecule has 2 heterocycles. The summed E-state index contributed by atoms with van der Waals surface area (Å²) >= 11 is 0. The standard InChI is InChI=1S/C16H17F3N2/c1-10-7-12(9-20-8-10)14-6-5-11-3-2-4-13(15(11)21-14)16(17,18)19/h2-6,10,12,20H,7-9H2,1H3/t10-,12-/m0/s1. The quantitative estimate of drug-likeness (QED) is 0.861. The van der Waals surface area contributed by atoms with Gasteiger partial charge < -0.3 is 5.32 Å². The lowest BCUT2D eigenvalue weighted by Gasteiger charge is -2.27. The van der Waals surface area contributed by atoms with Crippen LogP contribution in [0, 0.1) is 5.92 Å². The third-order valence-electron chi connectivity index (χ3n) is 4.04. The summed E-state index contributed by atoms with van der Waals surface area (Å²) in [5, 5.41) is 3.85. The Balaban J connectivity index is 2.06. The average molecular weight is 294 g/mol. The van der Waals surface area contributed by atoms with Gasteiger partial charge in [0.2, 0.25) is 0 Å². The first-order valence-electron chi connectivity index (χ1n) is 7.12. The summed E-state index contributed by atoms with van der Waals surface area (Å²) in [7, 11) is 0. The van der Waals surface area contributed by atoms with E-state index in [0.717, 1.165) is 31.3 Å². The number of nitrogens with zero attached hydrogens (tertiary/aromatic N) is 1. The van der Waals surface area contributed by atoms with E-state index in [1.165, 1.54) is 6.07 Å².